The summed E-state index contributed by atoms with van der Waals surface area (Å²) in [5, 5.41) is 9.52. The largest absolute Gasteiger partial charge is 0.426 e. The standard InChI is InChI=1S/C23H29F9O3.C21H30F6O2.C17H25F3O3.CO2/c1-4-14(2)15-5-7-16(8-6-15)19(3,21(24,25)26)35-13-34-18-11-9-17(10-12-18)20(33,22(27,28)29)23(30,31)32;1-7-14(4)15-10-16(18(5,8-2)20(22,23)24)12-17(11-15)19(6,21(25,26)27)29-13-28-9-3;1-5-13(2)14-7-6-8-15(11-14)16(3,17(18,19)20)23-12-22-10-9-21-4;2-1-3/h5-8,14,17-18,33H,4,9-13H2,1-3H3;10-12,14H,7-9,13H2,1-6H3;6-8,11,13H,5,9-10,12H2,1-4H3;. The van der Waals surface area contributed by atoms with Crippen molar-refractivity contribution in [3.05, 3.63) is 106 Å². The van der Waals surface area contributed by atoms with Crippen molar-refractivity contribution in [2.75, 3.05) is 47.3 Å². The van der Waals surface area contributed by atoms with Crippen molar-refractivity contribution in [3.63, 3.8) is 0 Å². The van der Waals surface area contributed by atoms with Crippen LogP contribution in [0.2, 0.25) is 0 Å². The minimum absolute atomic E-state index is 0.0816. The first-order chi connectivity index (χ1) is 41.2. The van der Waals surface area contributed by atoms with E-state index in [2.05, 4.69) is 0 Å². The van der Waals surface area contributed by atoms with Crippen LogP contribution in [-0.2, 0) is 65.0 Å². The third-order valence-corrected chi connectivity index (χ3v) is 16.8. The molecule has 3 aromatic carbocycles. The summed E-state index contributed by atoms with van der Waals surface area (Å²) in [7, 11) is 1.49. The van der Waals surface area contributed by atoms with Gasteiger partial charge in [0.25, 0.3) is 5.60 Å². The van der Waals surface area contributed by atoms with Gasteiger partial charge in [0.2, 0.25) is 0 Å². The van der Waals surface area contributed by atoms with E-state index in [-0.39, 0.29) is 78.6 Å². The summed E-state index contributed by atoms with van der Waals surface area (Å²) in [6.45, 7) is 16.8. The van der Waals surface area contributed by atoms with Crippen molar-refractivity contribution >= 4 is 6.15 Å². The number of ether oxygens (including phenoxy) is 7. The summed E-state index contributed by atoms with van der Waals surface area (Å²) in [5.74, 6) is -2.03. The molecule has 1 N–H and O–H groups in total. The summed E-state index contributed by atoms with van der Waals surface area (Å²) >= 11 is 0. The van der Waals surface area contributed by atoms with Crippen molar-refractivity contribution in [3.8, 4) is 0 Å². The van der Waals surface area contributed by atoms with E-state index in [0.717, 1.165) is 57.7 Å². The maximum absolute atomic E-state index is 14.0. The van der Waals surface area contributed by atoms with Crippen LogP contribution in [0.3, 0.4) is 0 Å². The predicted octanol–water partition coefficient (Wildman–Crippen LogP) is 18.6. The van der Waals surface area contributed by atoms with E-state index in [0.29, 0.717) is 18.6 Å². The number of hydrogen-bond acceptors (Lipinski definition) is 10. The molecule has 0 amide bonds. The lowest BCUT2D eigenvalue weighted by molar-refractivity contribution is -0.388. The lowest BCUT2D eigenvalue weighted by Crippen LogP contribution is -2.62. The third kappa shape index (κ3) is 21.2. The Labute approximate surface area is 514 Å². The van der Waals surface area contributed by atoms with Crippen LogP contribution in [0.5, 0.6) is 0 Å². The average Bonchev–Trinajstić information content (AvgIpc) is 0.898. The highest BCUT2D eigenvalue weighted by Crippen LogP contribution is 2.53. The van der Waals surface area contributed by atoms with Gasteiger partial charge >= 0.3 is 43.2 Å². The Bertz CT molecular complexity index is 2580. The highest BCUT2D eigenvalue weighted by Gasteiger charge is 2.73. The Morgan fingerprint density at radius 3 is 1.31 bits per heavy atom. The molecule has 1 fully saturated rings. The molecule has 1 saturated carbocycles. The summed E-state index contributed by atoms with van der Waals surface area (Å²) < 4.78 is 279. The SMILES string of the molecule is CCC(C)c1ccc(C(C)(OCOC2CCC(C(O)(C(F)(F)F)C(F)(F)F)CC2)C(F)(F)F)cc1.CCC(C)c1cccc(C(C)(OCOCCOC)C(F)(F)F)c1.CCOCOC(C)(c1cc(C(C)CC)cc(C(C)(CC)C(F)(F)F)c1)C(F)(F)F.O=C=O. The molecule has 4 rings (SSSR count). The molecule has 1 aliphatic carbocycles. The molecule has 518 valence electrons. The van der Waals surface area contributed by atoms with E-state index in [1.807, 2.05) is 40.7 Å². The van der Waals surface area contributed by atoms with Gasteiger partial charge in [-0.2, -0.15) is 88.6 Å². The summed E-state index contributed by atoms with van der Waals surface area (Å²) in [4.78, 5) is 16.2. The topological polar surface area (TPSA) is 119 Å². The van der Waals surface area contributed by atoms with Gasteiger partial charge in [0, 0.05) is 19.6 Å². The number of benzene rings is 3. The van der Waals surface area contributed by atoms with Crippen molar-refractivity contribution in [2.45, 2.75) is 223 Å². The highest BCUT2D eigenvalue weighted by atomic mass is 19.4. The Balaban J connectivity index is 0.000000673. The molecule has 1 aliphatic rings. The lowest BCUT2D eigenvalue weighted by Gasteiger charge is -2.42. The first-order valence-electron chi connectivity index (χ1n) is 28.9. The van der Waals surface area contributed by atoms with Gasteiger partial charge in [-0.1, -0.05) is 115 Å². The maximum Gasteiger partial charge on any atom is 0.426 e. The van der Waals surface area contributed by atoms with E-state index < -0.39 is 110 Å². The van der Waals surface area contributed by atoms with Gasteiger partial charge < -0.3 is 38.3 Å². The quantitative estimate of drug-likeness (QED) is 0.0473. The second-order valence-electron chi connectivity index (χ2n) is 22.5. The number of hydrogen-bond donors (Lipinski definition) is 1. The lowest BCUT2D eigenvalue weighted by atomic mass is 9.75. The Morgan fingerprint density at radius 2 is 0.889 bits per heavy atom. The van der Waals surface area contributed by atoms with Gasteiger partial charge in [-0.15, -0.1) is 0 Å². The molecule has 0 spiro atoms. The molecule has 28 heteroatoms. The van der Waals surface area contributed by atoms with Crippen molar-refractivity contribution in [1.82, 2.24) is 0 Å². The molecule has 0 aliphatic heterocycles. The summed E-state index contributed by atoms with van der Waals surface area (Å²) in [6.07, 6.45) is -31.4. The molecule has 0 bridgehead atoms. The molecule has 3 aromatic rings. The molecule has 90 heavy (non-hydrogen) atoms. The number of carbonyl (C=O) groups excluding carboxylic acids is 2. The zero-order valence-corrected chi connectivity index (χ0v) is 52.6. The van der Waals surface area contributed by atoms with E-state index in [4.69, 9.17) is 42.7 Å². The molecular formula is C62H84F18O10. The van der Waals surface area contributed by atoms with Crippen LogP contribution in [-0.4, -0.2) is 107 Å². The molecular weight excluding hydrogens is 1250 g/mol. The zero-order valence-electron chi connectivity index (χ0n) is 52.6. The van der Waals surface area contributed by atoms with Crippen LogP contribution >= 0.6 is 0 Å². The smallest absolute Gasteiger partial charge is 0.382 e. The Morgan fingerprint density at radius 1 is 0.478 bits per heavy atom. The van der Waals surface area contributed by atoms with Crippen LogP contribution < -0.4 is 0 Å². The number of rotatable bonds is 26. The van der Waals surface area contributed by atoms with Crippen molar-refractivity contribution in [2.24, 2.45) is 5.92 Å². The maximum atomic E-state index is 14.0. The predicted molar refractivity (Wildman–Crippen MR) is 296 cm³/mol. The van der Waals surface area contributed by atoms with Gasteiger partial charge in [-0.25, -0.2) is 0 Å². The molecule has 0 radical (unpaired) electrons. The van der Waals surface area contributed by atoms with E-state index in [1.165, 1.54) is 44.4 Å². The average molecular weight is 1330 g/mol. The summed E-state index contributed by atoms with van der Waals surface area (Å²) in [5.41, 5.74) is -13.6. The van der Waals surface area contributed by atoms with E-state index in [1.54, 1.807) is 38.1 Å². The number of halogens is 18. The van der Waals surface area contributed by atoms with Gasteiger partial charge in [-0.3, -0.25) is 0 Å². The molecule has 0 saturated heterocycles. The second kappa shape index (κ2) is 34.6. The summed E-state index contributed by atoms with van der Waals surface area (Å²) in [6, 6.07) is 15.9. The van der Waals surface area contributed by atoms with Gasteiger partial charge in [0.15, 0.2) is 16.8 Å². The van der Waals surface area contributed by atoms with Gasteiger partial charge in [0.1, 0.15) is 20.4 Å². The van der Waals surface area contributed by atoms with Crippen LogP contribution in [0.4, 0.5) is 79.0 Å². The second-order valence-corrected chi connectivity index (χ2v) is 22.5. The molecule has 0 aromatic heterocycles. The number of alkyl halides is 18. The Kier molecular flexibility index (Phi) is 32.1. The highest BCUT2D eigenvalue weighted by molar-refractivity contribution is 5.41. The fourth-order valence-electron chi connectivity index (χ4n) is 9.19. The van der Waals surface area contributed by atoms with Crippen LogP contribution in [0.25, 0.3) is 0 Å². The van der Waals surface area contributed by atoms with Crippen LogP contribution in [0.1, 0.15) is 191 Å². The first kappa shape index (κ1) is 83.5. The minimum Gasteiger partial charge on any atom is -0.382 e. The van der Waals surface area contributed by atoms with E-state index >= 15 is 0 Å². The molecule has 7 atom stereocenters. The zero-order chi connectivity index (χ0) is 69.8. The fraction of sp³-hybridized carbons (Fsp3) is 0.694. The Hall–Kier alpha value is -4.54. The molecule has 10 nitrogen and oxygen atoms in total. The third-order valence-electron chi connectivity index (χ3n) is 16.8. The van der Waals surface area contributed by atoms with Crippen molar-refractivity contribution < 1.29 is 127 Å². The molecule has 7 unspecified atom stereocenters. The number of methoxy groups -OCH3 is 1. The van der Waals surface area contributed by atoms with Gasteiger partial charge in [0.05, 0.1) is 24.7 Å². The molecule has 0 heterocycles. The van der Waals surface area contributed by atoms with Crippen molar-refractivity contribution in [1.29, 1.82) is 0 Å². The van der Waals surface area contributed by atoms with Crippen LogP contribution in [0.15, 0.2) is 66.7 Å². The normalized spacial score (nSPS) is 19.1. The fourth-order valence-corrected chi connectivity index (χ4v) is 9.19. The van der Waals surface area contributed by atoms with E-state index in [9.17, 15) is 84.1 Å². The van der Waals surface area contributed by atoms with Gasteiger partial charge in [-0.05, 0) is 143 Å². The first-order valence-corrected chi connectivity index (χ1v) is 28.9. The monoisotopic (exact) mass is 1330 g/mol. The van der Waals surface area contributed by atoms with Crippen LogP contribution in [0, 0.1) is 5.92 Å². The minimum atomic E-state index is -5.92. The number of aliphatic hydroxyl groups is 1.